The average molecular weight is 343 g/mol. The molecule has 0 heterocycles. The first-order valence-electron chi connectivity index (χ1n) is 7.25. The third-order valence-electron chi connectivity index (χ3n) is 2.92. The van der Waals surface area contributed by atoms with Crippen molar-refractivity contribution < 1.29 is 14.3 Å². The van der Waals surface area contributed by atoms with Gasteiger partial charge in [0.15, 0.2) is 0 Å². The molecule has 7 heteroatoms. The van der Waals surface area contributed by atoms with E-state index in [-0.39, 0.29) is 17.6 Å². The zero-order valence-corrected chi connectivity index (χ0v) is 14.0. The Labute approximate surface area is 144 Å². The summed E-state index contributed by atoms with van der Waals surface area (Å²) >= 11 is 1.03. The molecular weight excluding hydrogens is 326 g/mol. The van der Waals surface area contributed by atoms with Gasteiger partial charge in [-0.3, -0.25) is 9.59 Å². The van der Waals surface area contributed by atoms with Crippen LogP contribution >= 0.6 is 11.8 Å². The van der Waals surface area contributed by atoms with E-state index in [1.807, 2.05) is 30.3 Å². The number of ether oxygens (including phenoxy) is 1. The molecule has 1 N–H and O–H groups in total. The molecule has 0 aliphatic heterocycles. The Morgan fingerprint density at radius 1 is 1.00 bits per heavy atom. The smallest absolute Gasteiger partial charge is 0.306 e. The molecule has 2 aromatic carbocycles. The Balaban J connectivity index is 1.82. The van der Waals surface area contributed by atoms with Crippen LogP contribution in [-0.4, -0.2) is 24.1 Å². The Morgan fingerprint density at radius 3 is 2.25 bits per heavy atom. The summed E-state index contributed by atoms with van der Waals surface area (Å²) in [7, 11) is 1.32. The Morgan fingerprint density at radius 2 is 1.62 bits per heavy atom. The fraction of sp³-hybridized carbons (Fsp3) is 0.176. The average Bonchev–Trinajstić information content (AvgIpc) is 2.62. The van der Waals surface area contributed by atoms with Gasteiger partial charge in [-0.15, -0.1) is 0 Å². The third kappa shape index (κ3) is 6.21. The van der Waals surface area contributed by atoms with Gasteiger partial charge in [0.2, 0.25) is 0 Å². The molecule has 0 fully saturated rings. The molecule has 0 saturated carbocycles. The van der Waals surface area contributed by atoms with Gasteiger partial charge in [-0.05, 0) is 36.4 Å². The Kier molecular flexibility index (Phi) is 6.97. The molecule has 0 aromatic heterocycles. The second-order valence-electron chi connectivity index (χ2n) is 4.67. The molecule has 0 atom stereocenters. The summed E-state index contributed by atoms with van der Waals surface area (Å²) in [5, 5.41) is 10.8. The number of methoxy groups -OCH3 is 1. The van der Waals surface area contributed by atoms with Crippen molar-refractivity contribution in [2.24, 2.45) is 10.2 Å². The van der Waals surface area contributed by atoms with Gasteiger partial charge in [-0.2, -0.15) is 10.2 Å². The summed E-state index contributed by atoms with van der Waals surface area (Å²) in [4.78, 5) is 22.7. The summed E-state index contributed by atoms with van der Waals surface area (Å²) in [6.07, 6.45) is 0.202. The number of azo groups is 1. The van der Waals surface area contributed by atoms with Crippen molar-refractivity contribution in [1.82, 2.24) is 0 Å². The fourth-order valence-corrected chi connectivity index (χ4v) is 2.35. The zero-order valence-electron chi connectivity index (χ0n) is 13.1. The van der Waals surface area contributed by atoms with E-state index >= 15 is 0 Å². The van der Waals surface area contributed by atoms with Gasteiger partial charge in [0.25, 0.3) is 5.24 Å². The molecule has 1 amide bonds. The molecule has 2 rings (SSSR count). The number of amides is 1. The largest absolute Gasteiger partial charge is 0.469 e. The van der Waals surface area contributed by atoms with E-state index in [0.717, 1.165) is 17.4 Å². The van der Waals surface area contributed by atoms with Crippen LogP contribution in [0, 0.1) is 0 Å². The second-order valence-corrected chi connectivity index (χ2v) is 5.74. The molecule has 0 aliphatic carbocycles. The van der Waals surface area contributed by atoms with Crippen LogP contribution in [0.15, 0.2) is 64.8 Å². The number of esters is 1. The van der Waals surface area contributed by atoms with Crippen LogP contribution in [0.5, 0.6) is 0 Å². The normalized spacial score (nSPS) is 10.5. The van der Waals surface area contributed by atoms with Crippen LogP contribution < -0.4 is 5.32 Å². The van der Waals surface area contributed by atoms with Crippen LogP contribution in [0.3, 0.4) is 0 Å². The van der Waals surface area contributed by atoms with Crippen LogP contribution in [0.4, 0.5) is 21.9 Å². The number of carbonyl (C=O) groups excluding carboxylic acids is 2. The minimum Gasteiger partial charge on any atom is -0.469 e. The molecule has 0 aliphatic rings. The highest BCUT2D eigenvalue weighted by atomic mass is 32.2. The topological polar surface area (TPSA) is 80.1 Å². The lowest BCUT2D eigenvalue weighted by molar-refractivity contribution is -0.140. The van der Waals surface area contributed by atoms with Gasteiger partial charge in [0, 0.05) is 11.4 Å². The number of benzene rings is 2. The predicted octanol–water partition coefficient (Wildman–Crippen LogP) is 4.93. The van der Waals surface area contributed by atoms with Gasteiger partial charge >= 0.3 is 5.97 Å². The van der Waals surface area contributed by atoms with Crippen LogP contribution in [0.25, 0.3) is 0 Å². The van der Waals surface area contributed by atoms with Gasteiger partial charge < -0.3 is 10.1 Å². The Bertz CT molecular complexity index is 703. The van der Waals surface area contributed by atoms with Crippen molar-refractivity contribution in [2.75, 3.05) is 18.2 Å². The van der Waals surface area contributed by atoms with Gasteiger partial charge in [-0.25, -0.2) is 0 Å². The summed E-state index contributed by atoms with van der Waals surface area (Å²) in [5.74, 6) is 0.0467. The molecule has 0 radical (unpaired) electrons. The monoisotopic (exact) mass is 343 g/mol. The van der Waals surface area contributed by atoms with E-state index in [4.69, 9.17) is 0 Å². The number of hydrogen-bond donors (Lipinski definition) is 1. The van der Waals surface area contributed by atoms with E-state index in [2.05, 4.69) is 20.3 Å². The van der Waals surface area contributed by atoms with Crippen LogP contribution in [0.1, 0.15) is 6.42 Å². The van der Waals surface area contributed by atoms with Crippen LogP contribution in [0.2, 0.25) is 0 Å². The fourth-order valence-electron chi connectivity index (χ4n) is 1.70. The van der Waals surface area contributed by atoms with E-state index in [1.165, 1.54) is 7.11 Å². The van der Waals surface area contributed by atoms with E-state index in [9.17, 15) is 9.59 Å². The first-order valence-corrected chi connectivity index (χ1v) is 8.23. The summed E-state index contributed by atoms with van der Waals surface area (Å²) in [6, 6.07) is 16.5. The molecule has 0 unspecified atom stereocenters. The van der Waals surface area contributed by atoms with E-state index < -0.39 is 0 Å². The van der Waals surface area contributed by atoms with Crippen molar-refractivity contribution in [3.8, 4) is 0 Å². The maximum Gasteiger partial charge on any atom is 0.306 e. The van der Waals surface area contributed by atoms with Gasteiger partial charge in [0.05, 0.1) is 24.9 Å². The predicted molar refractivity (Wildman–Crippen MR) is 95.2 cm³/mol. The zero-order chi connectivity index (χ0) is 17.2. The maximum atomic E-state index is 11.7. The standard InChI is InChI=1S/C17H17N3O3S/c1-23-16(21)11-12-24-17(22)18-13-7-9-15(10-8-13)20-19-14-5-3-2-4-6-14/h2-10H,11-12H2,1H3,(H,18,22). The lowest BCUT2D eigenvalue weighted by atomic mass is 10.3. The number of thioether (sulfide) groups is 1. The van der Waals surface area contributed by atoms with Crippen LogP contribution in [-0.2, 0) is 9.53 Å². The minimum absolute atomic E-state index is 0.202. The van der Waals surface area contributed by atoms with Crippen molar-refractivity contribution >= 4 is 40.0 Å². The number of nitrogens with zero attached hydrogens (tertiary/aromatic N) is 2. The van der Waals surface area contributed by atoms with Gasteiger partial charge in [-0.1, -0.05) is 30.0 Å². The summed E-state index contributed by atoms with van der Waals surface area (Å²) in [6.45, 7) is 0. The molecule has 0 bridgehead atoms. The number of anilines is 1. The highest BCUT2D eigenvalue weighted by Gasteiger charge is 2.06. The number of rotatable bonds is 6. The molecule has 0 spiro atoms. The highest BCUT2D eigenvalue weighted by molar-refractivity contribution is 8.13. The van der Waals surface area contributed by atoms with Gasteiger partial charge in [0.1, 0.15) is 0 Å². The number of nitrogens with one attached hydrogen (secondary N) is 1. The molecule has 0 saturated heterocycles. The molecule has 6 nitrogen and oxygen atoms in total. The SMILES string of the molecule is COC(=O)CCSC(=O)Nc1ccc(N=Nc2ccccc2)cc1. The lowest BCUT2D eigenvalue weighted by Gasteiger charge is -2.04. The highest BCUT2D eigenvalue weighted by Crippen LogP contribution is 2.21. The van der Waals surface area contributed by atoms with Crippen molar-refractivity contribution in [3.63, 3.8) is 0 Å². The van der Waals surface area contributed by atoms with Crippen molar-refractivity contribution in [2.45, 2.75) is 6.42 Å². The quantitative estimate of drug-likeness (QED) is 0.595. The number of hydrogen-bond acceptors (Lipinski definition) is 6. The van der Waals surface area contributed by atoms with Crippen molar-refractivity contribution in [1.29, 1.82) is 0 Å². The molecule has 24 heavy (non-hydrogen) atoms. The molecule has 124 valence electrons. The number of carbonyl (C=O) groups is 2. The van der Waals surface area contributed by atoms with E-state index in [1.54, 1.807) is 24.3 Å². The molecular formula is C17H17N3O3S. The van der Waals surface area contributed by atoms with E-state index in [0.29, 0.717) is 17.1 Å². The second kappa shape index (κ2) is 9.46. The first kappa shape index (κ1) is 17.7. The maximum absolute atomic E-state index is 11.7. The third-order valence-corrected chi connectivity index (χ3v) is 3.69. The minimum atomic E-state index is -0.330. The first-order chi connectivity index (χ1) is 11.7. The Hall–Kier alpha value is -2.67. The summed E-state index contributed by atoms with van der Waals surface area (Å²) < 4.78 is 4.52. The molecule has 2 aromatic rings. The lowest BCUT2D eigenvalue weighted by Crippen LogP contribution is -2.08. The summed E-state index contributed by atoms with van der Waals surface area (Å²) in [5.41, 5.74) is 2.12. The van der Waals surface area contributed by atoms with Crippen molar-refractivity contribution in [3.05, 3.63) is 54.6 Å².